The van der Waals surface area contributed by atoms with E-state index in [1.807, 2.05) is 13.8 Å². The van der Waals surface area contributed by atoms with Crippen LogP contribution in [0.4, 0.5) is 18.9 Å². The highest BCUT2D eigenvalue weighted by atomic mass is 35.5. The van der Waals surface area contributed by atoms with Crippen LogP contribution in [0.2, 0.25) is 5.02 Å². The third-order valence-corrected chi connectivity index (χ3v) is 3.50. The summed E-state index contributed by atoms with van der Waals surface area (Å²) in [5.74, 6) is 0. The van der Waals surface area contributed by atoms with E-state index in [-0.39, 0.29) is 5.56 Å². The van der Waals surface area contributed by atoms with Crippen LogP contribution in [0.25, 0.3) is 0 Å². The highest BCUT2D eigenvalue weighted by Crippen LogP contribution is 2.47. The number of rotatable bonds is 0. The molecule has 0 spiro atoms. The van der Waals surface area contributed by atoms with Crippen molar-refractivity contribution in [3.63, 3.8) is 0 Å². The molecule has 0 atom stereocenters. The fourth-order valence-corrected chi connectivity index (χ4v) is 2.54. The van der Waals surface area contributed by atoms with Crippen LogP contribution in [0.1, 0.15) is 31.4 Å². The van der Waals surface area contributed by atoms with E-state index >= 15 is 0 Å². The summed E-state index contributed by atoms with van der Waals surface area (Å²) >= 11 is 5.96. The van der Waals surface area contributed by atoms with Gasteiger partial charge < -0.3 is 5.32 Å². The minimum absolute atomic E-state index is 0.281. The first kappa shape index (κ1) is 12.6. The maximum Gasteiger partial charge on any atom is 0.416 e. The molecule has 0 bridgehead atoms. The van der Waals surface area contributed by atoms with Gasteiger partial charge in [-0.3, -0.25) is 0 Å². The summed E-state index contributed by atoms with van der Waals surface area (Å²) in [4.78, 5) is 0. The maximum absolute atomic E-state index is 13.0. The molecule has 1 nitrogen and oxygen atoms in total. The van der Waals surface area contributed by atoms with E-state index in [4.69, 9.17) is 11.6 Å². The van der Waals surface area contributed by atoms with Gasteiger partial charge in [0.2, 0.25) is 0 Å². The second-order valence-electron chi connectivity index (χ2n) is 4.90. The molecule has 0 amide bonds. The lowest BCUT2D eigenvalue weighted by Crippen LogP contribution is -2.31. The Bertz CT molecular complexity index is 452. The van der Waals surface area contributed by atoms with E-state index in [1.165, 1.54) is 6.07 Å². The van der Waals surface area contributed by atoms with Crippen LogP contribution < -0.4 is 5.32 Å². The molecule has 0 aliphatic carbocycles. The van der Waals surface area contributed by atoms with Crippen molar-refractivity contribution in [3.8, 4) is 0 Å². The number of nitrogens with one attached hydrogen (secondary N) is 1. The average molecular weight is 264 g/mol. The summed E-state index contributed by atoms with van der Waals surface area (Å²) in [6.45, 7) is 4.28. The molecule has 0 unspecified atom stereocenters. The van der Waals surface area contributed by atoms with Gasteiger partial charge in [-0.2, -0.15) is 13.2 Å². The van der Waals surface area contributed by atoms with Crippen LogP contribution in [0.15, 0.2) is 12.1 Å². The molecular weight excluding hydrogens is 251 g/mol. The quantitative estimate of drug-likeness (QED) is 0.729. The van der Waals surface area contributed by atoms with E-state index in [9.17, 15) is 13.2 Å². The number of hydrogen-bond acceptors (Lipinski definition) is 1. The smallest absolute Gasteiger partial charge is 0.384 e. The second kappa shape index (κ2) is 3.80. The Morgan fingerprint density at radius 2 is 1.94 bits per heavy atom. The van der Waals surface area contributed by atoms with E-state index in [1.54, 1.807) is 0 Å². The molecule has 0 fully saturated rings. The molecule has 1 aliphatic rings. The summed E-state index contributed by atoms with van der Waals surface area (Å²) in [7, 11) is 0. The number of fused-ring (bicyclic) bond motifs is 1. The lowest BCUT2D eigenvalue weighted by Gasteiger charge is -2.36. The van der Waals surface area contributed by atoms with Gasteiger partial charge in [-0.15, -0.1) is 0 Å². The topological polar surface area (TPSA) is 12.0 Å². The Morgan fingerprint density at radius 3 is 2.53 bits per heavy atom. The maximum atomic E-state index is 13.0. The largest absolute Gasteiger partial charge is 0.416 e. The fraction of sp³-hybridized carbons (Fsp3) is 0.500. The van der Waals surface area contributed by atoms with Crippen LogP contribution in [0.3, 0.4) is 0 Å². The molecule has 0 aromatic heterocycles. The van der Waals surface area contributed by atoms with Crippen LogP contribution in [-0.4, -0.2) is 6.54 Å². The van der Waals surface area contributed by atoms with Crippen LogP contribution in [0, 0.1) is 0 Å². The van der Waals surface area contributed by atoms with Crippen LogP contribution in [-0.2, 0) is 11.6 Å². The van der Waals surface area contributed by atoms with Crippen LogP contribution in [0.5, 0.6) is 0 Å². The lowest BCUT2D eigenvalue weighted by atomic mass is 9.76. The zero-order valence-electron chi connectivity index (χ0n) is 9.58. The predicted octanol–water partition coefficient (Wildman–Crippen LogP) is 4.45. The summed E-state index contributed by atoms with van der Waals surface area (Å²) in [5.41, 5.74) is -0.397. The molecule has 17 heavy (non-hydrogen) atoms. The van der Waals surface area contributed by atoms with Crippen molar-refractivity contribution in [3.05, 3.63) is 28.3 Å². The van der Waals surface area contributed by atoms with Gasteiger partial charge in [0, 0.05) is 6.54 Å². The molecule has 1 aromatic rings. The SMILES string of the molecule is CC1(C)CCNc2c(Cl)ccc(C(F)(F)F)c21. The minimum Gasteiger partial charge on any atom is -0.384 e. The number of anilines is 1. The Kier molecular flexibility index (Phi) is 2.81. The van der Waals surface area contributed by atoms with Crippen molar-refractivity contribution in [2.75, 3.05) is 11.9 Å². The Hall–Kier alpha value is -0.900. The first-order chi connectivity index (χ1) is 7.73. The zero-order chi connectivity index (χ0) is 12.8. The Morgan fingerprint density at radius 1 is 1.29 bits per heavy atom. The molecule has 1 aliphatic heterocycles. The normalized spacial score (nSPS) is 18.5. The first-order valence-electron chi connectivity index (χ1n) is 5.37. The molecule has 2 rings (SSSR count). The van der Waals surface area contributed by atoms with Gasteiger partial charge in [-0.05, 0) is 29.5 Å². The molecule has 5 heteroatoms. The van der Waals surface area contributed by atoms with E-state index in [0.717, 1.165) is 6.07 Å². The third-order valence-electron chi connectivity index (χ3n) is 3.19. The van der Waals surface area contributed by atoms with E-state index in [0.29, 0.717) is 23.7 Å². The van der Waals surface area contributed by atoms with Crippen molar-refractivity contribution < 1.29 is 13.2 Å². The minimum atomic E-state index is -4.34. The molecule has 0 radical (unpaired) electrons. The zero-order valence-corrected chi connectivity index (χ0v) is 10.3. The molecule has 1 N–H and O–H groups in total. The monoisotopic (exact) mass is 263 g/mol. The van der Waals surface area contributed by atoms with Gasteiger partial charge in [0.15, 0.2) is 0 Å². The molecule has 1 heterocycles. The van der Waals surface area contributed by atoms with Gasteiger partial charge >= 0.3 is 6.18 Å². The number of hydrogen-bond donors (Lipinski definition) is 1. The molecule has 1 aromatic carbocycles. The van der Waals surface area contributed by atoms with E-state index < -0.39 is 17.2 Å². The molecule has 94 valence electrons. The molecule has 0 saturated heterocycles. The predicted molar refractivity (Wildman–Crippen MR) is 62.6 cm³/mol. The standard InChI is InChI=1S/C12H13ClF3N/c1-11(2)5-6-17-10-8(13)4-3-7(9(10)11)12(14,15)16/h3-4,17H,5-6H2,1-2H3. The van der Waals surface area contributed by atoms with Crippen molar-refractivity contribution in [2.24, 2.45) is 0 Å². The number of halogens is 4. The summed E-state index contributed by atoms with van der Waals surface area (Å²) in [5, 5.41) is 3.32. The molecular formula is C12H13ClF3N. The van der Waals surface area contributed by atoms with Gasteiger partial charge in [-0.25, -0.2) is 0 Å². The van der Waals surface area contributed by atoms with Crippen LogP contribution >= 0.6 is 11.6 Å². The Labute approximate surface area is 103 Å². The van der Waals surface area contributed by atoms with Crippen molar-refractivity contribution in [1.29, 1.82) is 0 Å². The van der Waals surface area contributed by atoms with Crippen molar-refractivity contribution >= 4 is 17.3 Å². The Balaban J connectivity index is 2.73. The molecule has 0 saturated carbocycles. The number of benzene rings is 1. The average Bonchev–Trinajstić information content (AvgIpc) is 2.17. The highest BCUT2D eigenvalue weighted by Gasteiger charge is 2.41. The summed E-state index contributed by atoms with van der Waals surface area (Å²) in [6.07, 6.45) is -3.69. The summed E-state index contributed by atoms with van der Waals surface area (Å²) < 4.78 is 38.9. The van der Waals surface area contributed by atoms with Crippen molar-refractivity contribution in [2.45, 2.75) is 31.9 Å². The van der Waals surface area contributed by atoms with Crippen molar-refractivity contribution in [1.82, 2.24) is 0 Å². The number of alkyl halides is 3. The summed E-state index contributed by atoms with van der Waals surface area (Å²) in [6, 6.07) is 2.37. The van der Waals surface area contributed by atoms with E-state index in [2.05, 4.69) is 5.32 Å². The van der Waals surface area contributed by atoms with Gasteiger partial charge in [0.25, 0.3) is 0 Å². The van der Waals surface area contributed by atoms with Gasteiger partial charge in [-0.1, -0.05) is 25.4 Å². The van der Waals surface area contributed by atoms with Gasteiger partial charge in [0.1, 0.15) is 0 Å². The second-order valence-corrected chi connectivity index (χ2v) is 5.31. The first-order valence-corrected chi connectivity index (χ1v) is 5.75. The lowest BCUT2D eigenvalue weighted by molar-refractivity contribution is -0.138. The highest BCUT2D eigenvalue weighted by molar-refractivity contribution is 6.33. The third kappa shape index (κ3) is 2.10. The van der Waals surface area contributed by atoms with Gasteiger partial charge in [0.05, 0.1) is 16.3 Å². The fourth-order valence-electron chi connectivity index (χ4n) is 2.31.